The second-order valence-electron chi connectivity index (χ2n) is 13.1. The molecular weight excluding hydrogens is 532 g/mol. The first-order chi connectivity index (χ1) is 20.3. The van der Waals surface area contributed by atoms with Crippen LogP contribution >= 0.6 is 0 Å². The molecule has 0 bridgehead atoms. The highest BCUT2D eigenvalue weighted by Crippen LogP contribution is 2.28. The zero-order valence-corrected chi connectivity index (χ0v) is 26.9. The zero-order chi connectivity index (χ0) is 30.6. The van der Waals surface area contributed by atoms with Gasteiger partial charge in [-0.1, -0.05) is 103 Å². The Morgan fingerprint density at radius 1 is 0.667 bits per heavy atom. The lowest BCUT2D eigenvalue weighted by atomic mass is 9.98. The summed E-state index contributed by atoms with van der Waals surface area (Å²) in [5.41, 5.74) is 0.565. The third-order valence-corrected chi connectivity index (χ3v) is 9.11. The number of hydrogen-bond donors (Lipinski definition) is 4. The molecule has 4 N–H and O–H groups in total. The van der Waals surface area contributed by atoms with Gasteiger partial charge in [0.15, 0.2) is 0 Å². The predicted octanol–water partition coefficient (Wildman–Crippen LogP) is 7.06. The Morgan fingerprint density at radius 2 is 1.14 bits per heavy atom. The Hall–Kier alpha value is -0.990. The molecule has 2 heterocycles. The maximum Gasteiger partial charge on any atom is 0.334 e. The number of cyclic esters (lactones) is 1. The molecule has 0 unspecified atom stereocenters. The van der Waals surface area contributed by atoms with E-state index in [1.165, 1.54) is 70.6 Å². The van der Waals surface area contributed by atoms with Gasteiger partial charge in [0.25, 0.3) is 0 Å². The van der Waals surface area contributed by atoms with E-state index in [9.17, 15) is 25.2 Å². The van der Waals surface area contributed by atoms with Gasteiger partial charge in [-0.25, -0.2) is 4.79 Å². The number of aliphatic hydroxyl groups is 4. The molecule has 2 aliphatic heterocycles. The third kappa shape index (κ3) is 16.2. The molecule has 246 valence electrons. The van der Waals surface area contributed by atoms with E-state index in [-0.39, 0.29) is 24.3 Å². The highest BCUT2D eigenvalue weighted by molar-refractivity contribution is 5.90. The van der Waals surface area contributed by atoms with Crippen molar-refractivity contribution in [2.45, 2.75) is 204 Å². The molecule has 1 saturated heterocycles. The molecule has 0 aliphatic carbocycles. The van der Waals surface area contributed by atoms with Crippen molar-refractivity contribution in [3.05, 3.63) is 11.6 Å². The molecule has 1 fully saturated rings. The van der Waals surface area contributed by atoms with E-state index in [4.69, 9.17) is 9.47 Å². The summed E-state index contributed by atoms with van der Waals surface area (Å²) in [5.74, 6) is -0.323. The Morgan fingerprint density at radius 3 is 1.69 bits per heavy atom. The van der Waals surface area contributed by atoms with E-state index >= 15 is 0 Å². The second kappa shape index (κ2) is 22.5. The Labute approximate surface area is 256 Å². The fourth-order valence-corrected chi connectivity index (χ4v) is 6.40. The summed E-state index contributed by atoms with van der Waals surface area (Å²) < 4.78 is 11.1. The van der Waals surface area contributed by atoms with Crippen molar-refractivity contribution in [1.29, 1.82) is 0 Å². The van der Waals surface area contributed by atoms with Gasteiger partial charge >= 0.3 is 5.97 Å². The average Bonchev–Trinajstić information content (AvgIpc) is 3.58. The van der Waals surface area contributed by atoms with Gasteiger partial charge in [-0.3, -0.25) is 0 Å². The normalized spacial score (nSPS) is 23.5. The first-order valence-electron chi connectivity index (χ1n) is 17.6. The van der Waals surface area contributed by atoms with E-state index in [0.717, 1.165) is 44.9 Å². The fraction of sp³-hybridized carbons (Fsp3) is 0.914. The van der Waals surface area contributed by atoms with E-state index < -0.39 is 24.4 Å². The lowest BCUT2D eigenvalue weighted by Crippen LogP contribution is -2.31. The maximum absolute atomic E-state index is 11.7. The highest BCUT2D eigenvalue weighted by atomic mass is 16.5. The Balaban J connectivity index is 1.43. The minimum atomic E-state index is -0.613. The van der Waals surface area contributed by atoms with Gasteiger partial charge in [0.2, 0.25) is 0 Å². The number of unbranched alkanes of at least 4 members (excludes halogenated alkanes) is 13. The van der Waals surface area contributed by atoms with Crippen LogP contribution in [0.1, 0.15) is 162 Å². The monoisotopic (exact) mass is 596 g/mol. The van der Waals surface area contributed by atoms with Crippen LogP contribution in [0.4, 0.5) is 0 Å². The van der Waals surface area contributed by atoms with Crippen molar-refractivity contribution in [2.24, 2.45) is 0 Å². The van der Waals surface area contributed by atoms with E-state index in [1.807, 2.05) is 6.92 Å². The van der Waals surface area contributed by atoms with Gasteiger partial charge in [0.05, 0.1) is 36.6 Å². The van der Waals surface area contributed by atoms with Crippen LogP contribution < -0.4 is 0 Å². The molecule has 7 atom stereocenters. The maximum atomic E-state index is 11.7. The zero-order valence-electron chi connectivity index (χ0n) is 26.9. The third-order valence-electron chi connectivity index (χ3n) is 9.11. The fourth-order valence-electron chi connectivity index (χ4n) is 6.40. The lowest BCUT2D eigenvalue weighted by molar-refractivity contribution is -0.139. The second-order valence-corrected chi connectivity index (χ2v) is 13.1. The van der Waals surface area contributed by atoms with Crippen LogP contribution in [0, 0.1) is 0 Å². The van der Waals surface area contributed by atoms with Crippen LogP contribution in [0.15, 0.2) is 11.6 Å². The highest BCUT2D eigenvalue weighted by Gasteiger charge is 2.34. The average molecular weight is 597 g/mol. The summed E-state index contributed by atoms with van der Waals surface area (Å²) >= 11 is 0. The van der Waals surface area contributed by atoms with Crippen LogP contribution in [-0.4, -0.2) is 69.1 Å². The van der Waals surface area contributed by atoms with Gasteiger partial charge < -0.3 is 29.9 Å². The summed E-state index contributed by atoms with van der Waals surface area (Å²) in [4.78, 5) is 11.7. The summed E-state index contributed by atoms with van der Waals surface area (Å²) in [5, 5.41) is 41.8. The van der Waals surface area contributed by atoms with Crippen LogP contribution in [0.25, 0.3) is 0 Å². The number of ether oxygens (including phenoxy) is 2. The number of hydrogen-bond acceptors (Lipinski definition) is 7. The lowest BCUT2D eigenvalue weighted by Gasteiger charge is -2.23. The van der Waals surface area contributed by atoms with E-state index in [2.05, 4.69) is 6.92 Å². The van der Waals surface area contributed by atoms with E-state index in [0.29, 0.717) is 37.7 Å². The molecule has 2 aliphatic rings. The predicted molar refractivity (Wildman–Crippen MR) is 168 cm³/mol. The minimum absolute atomic E-state index is 0.184. The number of rotatable bonds is 26. The van der Waals surface area contributed by atoms with Crippen molar-refractivity contribution in [3.63, 3.8) is 0 Å². The molecular formula is C35H64O7. The van der Waals surface area contributed by atoms with Gasteiger partial charge in [0.1, 0.15) is 6.10 Å². The van der Waals surface area contributed by atoms with Crippen molar-refractivity contribution in [2.75, 3.05) is 0 Å². The van der Waals surface area contributed by atoms with E-state index in [1.54, 1.807) is 6.08 Å². The van der Waals surface area contributed by atoms with Crippen LogP contribution in [0.3, 0.4) is 0 Å². The molecule has 7 heteroatoms. The Kier molecular flexibility index (Phi) is 19.9. The van der Waals surface area contributed by atoms with Crippen LogP contribution in [0.2, 0.25) is 0 Å². The molecule has 0 aromatic carbocycles. The first kappa shape index (κ1) is 37.2. The summed E-state index contributed by atoms with van der Waals surface area (Å²) in [6.45, 7) is 4.07. The quantitative estimate of drug-likeness (QED) is 0.0624. The number of esters is 1. The number of carbonyl (C=O) groups excluding carboxylic acids is 1. The van der Waals surface area contributed by atoms with Crippen LogP contribution in [-0.2, 0) is 14.3 Å². The summed E-state index contributed by atoms with van der Waals surface area (Å²) in [7, 11) is 0. The SMILES string of the molecule is CCCCCCCCCCCCCC[C@@H](O)[C@H]1CC[C@H]([C@H](O)CC[C@H](O)CCCCC[C@@H](O)CC2=C[C@H](C)OC2=O)O1. The molecule has 0 saturated carbocycles. The van der Waals surface area contributed by atoms with Crippen molar-refractivity contribution < 1.29 is 34.7 Å². The molecule has 0 spiro atoms. The first-order valence-corrected chi connectivity index (χ1v) is 17.6. The molecule has 0 amide bonds. The molecule has 0 radical (unpaired) electrons. The molecule has 7 nitrogen and oxygen atoms in total. The van der Waals surface area contributed by atoms with Gasteiger partial charge in [-0.05, 0) is 57.9 Å². The van der Waals surface area contributed by atoms with Gasteiger partial charge in [-0.15, -0.1) is 0 Å². The van der Waals surface area contributed by atoms with Gasteiger partial charge in [-0.2, -0.15) is 0 Å². The van der Waals surface area contributed by atoms with Crippen molar-refractivity contribution in [1.82, 2.24) is 0 Å². The summed E-state index contributed by atoms with van der Waals surface area (Å²) in [6, 6.07) is 0. The standard InChI is InChI=1S/C35H64O7/c1-3-4-5-6-7-8-9-10-11-12-13-17-20-31(38)33-23-24-34(42-33)32(39)22-21-29(36)18-15-14-16-19-30(37)26-28-25-27(2)41-35(28)40/h25,27,29-34,36-39H,3-24,26H2,1-2H3/t27-,29+,30+,31+,32+,33+,34+/m0/s1. The van der Waals surface area contributed by atoms with Crippen molar-refractivity contribution in [3.8, 4) is 0 Å². The molecule has 2 rings (SSSR count). The number of carbonyl (C=O) groups is 1. The molecule has 0 aromatic heterocycles. The number of aliphatic hydroxyl groups excluding tert-OH is 4. The summed E-state index contributed by atoms with van der Waals surface area (Å²) in [6.07, 6.45) is 22.3. The smallest absolute Gasteiger partial charge is 0.334 e. The van der Waals surface area contributed by atoms with Crippen LogP contribution in [0.5, 0.6) is 0 Å². The minimum Gasteiger partial charge on any atom is -0.455 e. The Bertz CT molecular complexity index is 726. The molecule has 0 aromatic rings. The topological polar surface area (TPSA) is 116 Å². The molecule has 42 heavy (non-hydrogen) atoms. The largest absolute Gasteiger partial charge is 0.455 e. The van der Waals surface area contributed by atoms with Crippen molar-refractivity contribution >= 4 is 5.97 Å². The van der Waals surface area contributed by atoms with Gasteiger partial charge in [0, 0.05) is 12.0 Å².